The fourth-order valence-electron chi connectivity index (χ4n) is 1.57. The van der Waals surface area contributed by atoms with Gasteiger partial charge >= 0.3 is 0 Å². The number of aromatic amines is 2. The normalized spacial score (nSPS) is 10.9. The zero-order valence-electron chi connectivity index (χ0n) is 8.85. The molecule has 3 rings (SSSR count). The molecule has 0 aliphatic heterocycles. The summed E-state index contributed by atoms with van der Waals surface area (Å²) >= 11 is 4.96. The topological polar surface area (TPSA) is 78.8 Å². The standard InChI is InChI=1S/C10H6FN5OS/c11-6-3-1-5(2-4-6)7-8(17)12-9-13-14-10(18)16(9)15-7/h1-4H,(H,14,18)(H,12,13,17). The first-order valence-electron chi connectivity index (χ1n) is 4.99. The van der Waals surface area contributed by atoms with Gasteiger partial charge in [-0.3, -0.25) is 9.78 Å². The zero-order valence-corrected chi connectivity index (χ0v) is 9.66. The first kappa shape index (κ1) is 10.8. The van der Waals surface area contributed by atoms with E-state index in [1.54, 1.807) is 0 Å². The summed E-state index contributed by atoms with van der Waals surface area (Å²) in [6.07, 6.45) is 0. The van der Waals surface area contributed by atoms with Crippen LogP contribution < -0.4 is 5.56 Å². The van der Waals surface area contributed by atoms with Gasteiger partial charge < -0.3 is 0 Å². The van der Waals surface area contributed by atoms with Gasteiger partial charge in [-0.1, -0.05) is 0 Å². The predicted molar refractivity (Wildman–Crippen MR) is 64.2 cm³/mol. The maximum absolute atomic E-state index is 12.8. The third kappa shape index (κ3) is 1.63. The first-order chi connectivity index (χ1) is 8.65. The minimum atomic E-state index is -0.414. The highest BCUT2D eigenvalue weighted by Crippen LogP contribution is 2.12. The molecule has 2 heterocycles. The van der Waals surface area contributed by atoms with E-state index in [2.05, 4.69) is 20.3 Å². The van der Waals surface area contributed by atoms with E-state index in [1.807, 2.05) is 0 Å². The third-order valence-electron chi connectivity index (χ3n) is 2.41. The second-order valence-corrected chi connectivity index (χ2v) is 3.96. The van der Waals surface area contributed by atoms with Crippen LogP contribution in [0, 0.1) is 10.6 Å². The number of aromatic nitrogens is 5. The minimum Gasteiger partial charge on any atom is -0.288 e. The largest absolute Gasteiger partial charge is 0.288 e. The van der Waals surface area contributed by atoms with Crippen molar-refractivity contribution in [3.05, 3.63) is 45.2 Å². The molecule has 0 spiro atoms. The van der Waals surface area contributed by atoms with Crippen LogP contribution in [0.4, 0.5) is 4.39 Å². The van der Waals surface area contributed by atoms with Gasteiger partial charge in [-0.25, -0.2) is 9.49 Å². The Morgan fingerprint density at radius 3 is 2.72 bits per heavy atom. The maximum Gasteiger partial charge on any atom is 0.279 e. The van der Waals surface area contributed by atoms with Gasteiger partial charge in [0.15, 0.2) is 5.69 Å². The highest BCUT2D eigenvalue weighted by molar-refractivity contribution is 7.71. The third-order valence-corrected chi connectivity index (χ3v) is 2.67. The second-order valence-electron chi connectivity index (χ2n) is 3.57. The van der Waals surface area contributed by atoms with Crippen LogP contribution in [0.25, 0.3) is 17.0 Å². The lowest BCUT2D eigenvalue weighted by molar-refractivity contribution is 0.628. The van der Waals surface area contributed by atoms with Crippen molar-refractivity contribution in [3.63, 3.8) is 0 Å². The van der Waals surface area contributed by atoms with Gasteiger partial charge in [0.05, 0.1) is 0 Å². The Labute approximate surface area is 104 Å². The average molecular weight is 263 g/mol. The van der Waals surface area contributed by atoms with Crippen molar-refractivity contribution in [2.24, 2.45) is 0 Å². The van der Waals surface area contributed by atoms with E-state index in [4.69, 9.17) is 12.2 Å². The Bertz CT molecular complexity index is 832. The Hall–Kier alpha value is -2.35. The number of rotatable bonds is 1. The SMILES string of the molecule is O=c1[nH]c2n[nH]c(=S)n2nc1-c1ccc(F)cc1. The van der Waals surface area contributed by atoms with Crippen LogP contribution in [0.15, 0.2) is 29.1 Å². The summed E-state index contributed by atoms with van der Waals surface area (Å²) in [7, 11) is 0. The number of fused-ring (bicyclic) bond motifs is 1. The van der Waals surface area contributed by atoms with Crippen LogP contribution >= 0.6 is 12.2 Å². The van der Waals surface area contributed by atoms with Gasteiger partial charge in [0, 0.05) is 5.56 Å². The monoisotopic (exact) mass is 263 g/mol. The lowest BCUT2D eigenvalue weighted by Crippen LogP contribution is -2.15. The van der Waals surface area contributed by atoms with Gasteiger partial charge in [0.1, 0.15) is 5.82 Å². The molecule has 0 atom stereocenters. The van der Waals surface area contributed by atoms with Crippen molar-refractivity contribution < 1.29 is 4.39 Å². The number of nitrogens with one attached hydrogen (secondary N) is 2. The number of halogens is 1. The number of benzene rings is 1. The van der Waals surface area contributed by atoms with Gasteiger partial charge in [-0.2, -0.15) is 9.61 Å². The molecule has 3 aromatic rings. The smallest absolute Gasteiger partial charge is 0.279 e. The lowest BCUT2D eigenvalue weighted by Gasteiger charge is -1.99. The molecule has 2 aromatic heterocycles. The average Bonchev–Trinajstić information content (AvgIpc) is 2.71. The number of hydrogen-bond donors (Lipinski definition) is 2. The lowest BCUT2D eigenvalue weighted by atomic mass is 10.2. The molecule has 18 heavy (non-hydrogen) atoms. The van der Waals surface area contributed by atoms with Crippen molar-refractivity contribution in [1.82, 2.24) is 24.8 Å². The molecule has 6 nitrogen and oxygen atoms in total. The van der Waals surface area contributed by atoms with Gasteiger partial charge in [0.25, 0.3) is 11.3 Å². The summed E-state index contributed by atoms with van der Waals surface area (Å²) in [5.41, 5.74) is 0.241. The molecular formula is C10H6FN5OS. The molecule has 90 valence electrons. The van der Waals surface area contributed by atoms with Crippen molar-refractivity contribution in [1.29, 1.82) is 0 Å². The minimum absolute atomic E-state index is 0.153. The van der Waals surface area contributed by atoms with Gasteiger partial charge in [-0.05, 0) is 36.5 Å². The molecule has 0 aliphatic rings. The molecule has 0 aliphatic carbocycles. The zero-order chi connectivity index (χ0) is 12.7. The molecule has 1 aromatic carbocycles. The molecule has 0 unspecified atom stereocenters. The summed E-state index contributed by atoms with van der Waals surface area (Å²) in [5, 5.41) is 10.4. The molecule has 0 radical (unpaired) electrons. The summed E-state index contributed by atoms with van der Waals surface area (Å²) < 4.78 is 14.4. The summed E-state index contributed by atoms with van der Waals surface area (Å²) in [6, 6.07) is 5.47. The predicted octanol–water partition coefficient (Wildman–Crippen LogP) is 1.28. The van der Waals surface area contributed by atoms with Gasteiger partial charge in [-0.15, -0.1) is 5.10 Å². The van der Waals surface area contributed by atoms with E-state index in [-0.39, 0.29) is 22.1 Å². The molecular weight excluding hydrogens is 257 g/mol. The van der Waals surface area contributed by atoms with E-state index in [1.165, 1.54) is 28.8 Å². The van der Waals surface area contributed by atoms with Crippen LogP contribution in [0.3, 0.4) is 0 Å². The number of H-pyrrole nitrogens is 2. The number of hydrogen-bond acceptors (Lipinski definition) is 4. The van der Waals surface area contributed by atoms with Gasteiger partial charge in [0.2, 0.25) is 4.77 Å². The summed E-state index contributed by atoms with van der Waals surface area (Å²) in [6.45, 7) is 0. The highest BCUT2D eigenvalue weighted by atomic mass is 32.1. The summed E-state index contributed by atoms with van der Waals surface area (Å²) in [4.78, 5) is 14.3. The fraction of sp³-hybridized carbons (Fsp3) is 0. The van der Waals surface area contributed by atoms with Crippen molar-refractivity contribution >= 4 is 18.0 Å². The Kier molecular flexibility index (Phi) is 2.30. The Balaban J connectivity index is 2.31. The van der Waals surface area contributed by atoms with Crippen LogP contribution in [-0.4, -0.2) is 24.8 Å². The molecule has 0 saturated heterocycles. The van der Waals surface area contributed by atoms with E-state index in [0.717, 1.165) is 0 Å². The van der Waals surface area contributed by atoms with Crippen molar-refractivity contribution in [3.8, 4) is 11.3 Å². The van der Waals surface area contributed by atoms with Crippen LogP contribution in [0.2, 0.25) is 0 Å². The second kappa shape index (κ2) is 3.84. The van der Waals surface area contributed by atoms with E-state index >= 15 is 0 Å². The van der Waals surface area contributed by atoms with Crippen LogP contribution in [0.5, 0.6) is 0 Å². The van der Waals surface area contributed by atoms with Crippen LogP contribution in [-0.2, 0) is 0 Å². The fourth-order valence-corrected chi connectivity index (χ4v) is 1.74. The Morgan fingerprint density at radius 2 is 2.00 bits per heavy atom. The molecule has 0 saturated carbocycles. The maximum atomic E-state index is 12.8. The molecule has 0 bridgehead atoms. The number of nitrogens with zero attached hydrogens (tertiary/aromatic N) is 3. The van der Waals surface area contributed by atoms with E-state index in [0.29, 0.717) is 5.56 Å². The van der Waals surface area contributed by atoms with E-state index < -0.39 is 5.56 Å². The van der Waals surface area contributed by atoms with Crippen molar-refractivity contribution in [2.45, 2.75) is 0 Å². The molecule has 0 fully saturated rings. The quantitative estimate of drug-likeness (QED) is 0.648. The first-order valence-corrected chi connectivity index (χ1v) is 5.39. The van der Waals surface area contributed by atoms with Crippen molar-refractivity contribution in [2.75, 3.05) is 0 Å². The van der Waals surface area contributed by atoms with Crippen LogP contribution in [0.1, 0.15) is 0 Å². The molecule has 8 heteroatoms. The molecule has 2 N–H and O–H groups in total. The molecule has 0 amide bonds. The van der Waals surface area contributed by atoms with E-state index in [9.17, 15) is 9.18 Å². The summed E-state index contributed by atoms with van der Waals surface area (Å²) in [5.74, 6) is -0.146. The highest BCUT2D eigenvalue weighted by Gasteiger charge is 2.09. The Morgan fingerprint density at radius 1 is 1.28 bits per heavy atom.